The summed E-state index contributed by atoms with van der Waals surface area (Å²) < 4.78 is 5.52. The Morgan fingerprint density at radius 3 is 2.57 bits per heavy atom. The van der Waals surface area contributed by atoms with Gasteiger partial charge in [-0.15, -0.1) is 0 Å². The molecule has 0 radical (unpaired) electrons. The molecule has 6 nitrogen and oxygen atoms in total. The normalized spacial score (nSPS) is 12.4. The van der Waals surface area contributed by atoms with Crippen LogP contribution in [0.4, 0.5) is 0 Å². The van der Waals surface area contributed by atoms with E-state index in [9.17, 15) is 4.79 Å². The van der Waals surface area contributed by atoms with E-state index in [1.807, 2.05) is 54.6 Å². The van der Waals surface area contributed by atoms with Crippen molar-refractivity contribution in [2.24, 2.45) is 5.92 Å². The van der Waals surface area contributed by atoms with E-state index >= 15 is 0 Å². The van der Waals surface area contributed by atoms with Crippen molar-refractivity contribution in [2.75, 3.05) is 0 Å². The van der Waals surface area contributed by atoms with Crippen molar-refractivity contribution >= 4 is 16.9 Å². The molecule has 0 spiro atoms. The van der Waals surface area contributed by atoms with Gasteiger partial charge in [0.15, 0.2) is 0 Å². The van der Waals surface area contributed by atoms with E-state index < -0.39 is 0 Å². The van der Waals surface area contributed by atoms with Crippen LogP contribution in [0.25, 0.3) is 22.5 Å². The minimum atomic E-state index is -0.208. The molecular formula is C22H22N4O2. The van der Waals surface area contributed by atoms with Gasteiger partial charge in [0, 0.05) is 5.56 Å². The third-order valence-corrected chi connectivity index (χ3v) is 4.60. The SMILES string of the molecule is CC(C)C(NC(=O)Cc1coc(-c2ccccc2)n1)c1nc2ccccc2[nH]1. The number of carbonyl (C=O) groups is 1. The highest BCUT2D eigenvalue weighted by molar-refractivity contribution is 5.79. The number of benzene rings is 2. The average molecular weight is 374 g/mol. The van der Waals surface area contributed by atoms with Crippen LogP contribution >= 0.6 is 0 Å². The number of hydrogen-bond acceptors (Lipinski definition) is 4. The number of fused-ring (bicyclic) bond motifs is 1. The summed E-state index contributed by atoms with van der Waals surface area (Å²) in [5.41, 5.74) is 3.34. The molecule has 0 fully saturated rings. The molecule has 6 heteroatoms. The number of para-hydroxylation sites is 2. The van der Waals surface area contributed by atoms with Crippen molar-refractivity contribution in [1.82, 2.24) is 20.3 Å². The lowest BCUT2D eigenvalue weighted by Crippen LogP contribution is -2.33. The van der Waals surface area contributed by atoms with Crippen molar-refractivity contribution in [3.63, 3.8) is 0 Å². The Labute approximate surface area is 163 Å². The molecule has 1 amide bonds. The van der Waals surface area contributed by atoms with E-state index in [2.05, 4.69) is 34.1 Å². The molecule has 2 aromatic carbocycles. The van der Waals surface area contributed by atoms with Crippen LogP contribution in [0.5, 0.6) is 0 Å². The number of H-pyrrole nitrogens is 1. The van der Waals surface area contributed by atoms with Crippen LogP contribution in [0, 0.1) is 5.92 Å². The minimum absolute atomic E-state index is 0.118. The molecule has 0 bridgehead atoms. The second-order valence-electron chi connectivity index (χ2n) is 7.12. The van der Waals surface area contributed by atoms with Crippen LogP contribution in [0.1, 0.15) is 31.4 Å². The predicted octanol–water partition coefficient (Wildman–Crippen LogP) is 4.27. The highest BCUT2D eigenvalue weighted by Crippen LogP contribution is 2.23. The molecule has 2 aromatic heterocycles. The second kappa shape index (κ2) is 7.68. The molecule has 142 valence electrons. The Kier molecular flexibility index (Phi) is 4.93. The molecule has 0 aliphatic heterocycles. The van der Waals surface area contributed by atoms with Crippen LogP contribution in [0.2, 0.25) is 0 Å². The van der Waals surface area contributed by atoms with Gasteiger partial charge in [-0.05, 0) is 30.2 Å². The van der Waals surface area contributed by atoms with E-state index in [0.717, 1.165) is 22.4 Å². The molecular weight excluding hydrogens is 352 g/mol. The highest BCUT2D eigenvalue weighted by atomic mass is 16.3. The largest absolute Gasteiger partial charge is 0.444 e. The molecule has 1 unspecified atom stereocenters. The number of nitrogens with zero attached hydrogens (tertiary/aromatic N) is 2. The van der Waals surface area contributed by atoms with Crippen molar-refractivity contribution in [3.8, 4) is 11.5 Å². The Morgan fingerprint density at radius 1 is 1.07 bits per heavy atom. The van der Waals surface area contributed by atoms with E-state index in [0.29, 0.717) is 11.6 Å². The number of hydrogen-bond donors (Lipinski definition) is 2. The molecule has 4 aromatic rings. The van der Waals surface area contributed by atoms with Gasteiger partial charge in [0.25, 0.3) is 0 Å². The van der Waals surface area contributed by atoms with Crippen molar-refractivity contribution in [2.45, 2.75) is 26.3 Å². The average Bonchev–Trinajstić information content (AvgIpc) is 3.33. The summed E-state index contributed by atoms with van der Waals surface area (Å²) in [4.78, 5) is 25.0. The zero-order valence-corrected chi connectivity index (χ0v) is 15.8. The van der Waals surface area contributed by atoms with E-state index in [1.165, 1.54) is 6.26 Å². The van der Waals surface area contributed by atoms with Crippen LogP contribution in [0.3, 0.4) is 0 Å². The lowest BCUT2D eigenvalue weighted by molar-refractivity contribution is -0.121. The highest BCUT2D eigenvalue weighted by Gasteiger charge is 2.22. The summed E-state index contributed by atoms with van der Waals surface area (Å²) in [6.45, 7) is 4.11. The minimum Gasteiger partial charge on any atom is -0.444 e. The first-order valence-corrected chi connectivity index (χ1v) is 9.34. The molecule has 1 atom stereocenters. The number of carbonyl (C=O) groups excluding carboxylic acids is 1. The molecule has 0 aliphatic carbocycles. The Balaban J connectivity index is 1.47. The molecule has 2 heterocycles. The number of aromatic nitrogens is 3. The van der Waals surface area contributed by atoms with Gasteiger partial charge in [0.2, 0.25) is 11.8 Å². The van der Waals surface area contributed by atoms with Crippen LogP contribution in [-0.2, 0) is 11.2 Å². The standard InChI is InChI=1S/C22H22N4O2/c1-14(2)20(21-24-17-10-6-7-11-18(17)25-21)26-19(27)12-16-13-28-22(23-16)15-8-4-3-5-9-15/h3-11,13-14,20H,12H2,1-2H3,(H,24,25)(H,26,27). The van der Waals surface area contributed by atoms with Crippen molar-refractivity contribution < 1.29 is 9.21 Å². The van der Waals surface area contributed by atoms with Gasteiger partial charge >= 0.3 is 0 Å². The maximum absolute atomic E-state index is 12.6. The van der Waals surface area contributed by atoms with Gasteiger partial charge < -0.3 is 14.7 Å². The van der Waals surface area contributed by atoms with Gasteiger partial charge in [-0.25, -0.2) is 9.97 Å². The van der Waals surface area contributed by atoms with Crippen LogP contribution in [0.15, 0.2) is 65.3 Å². The fraction of sp³-hybridized carbons (Fsp3) is 0.227. The number of aromatic amines is 1. The molecule has 0 saturated carbocycles. The molecule has 2 N–H and O–H groups in total. The third-order valence-electron chi connectivity index (χ3n) is 4.60. The maximum Gasteiger partial charge on any atom is 0.226 e. The maximum atomic E-state index is 12.6. The summed E-state index contributed by atoms with van der Waals surface area (Å²) in [6, 6.07) is 17.3. The number of amides is 1. The number of rotatable bonds is 6. The van der Waals surface area contributed by atoms with E-state index in [1.54, 1.807) is 0 Å². The summed E-state index contributed by atoms with van der Waals surface area (Å²) in [5, 5.41) is 3.08. The quantitative estimate of drug-likeness (QED) is 0.528. The summed E-state index contributed by atoms with van der Waals surface area (Å²) >= 11 is 0. The lowest BCUT2D eigenvalue weighted by Gasteiger charge is -2.20. The van der Waals surface area contributed by atoms with Gasteiger partial charge in [-0.2, -0.15) is 0 Å². The van der Waals surface area contributed by atoms with Crippen LogP contribution < -0.4 is 5.32 Å². The second-order valence-corrected chi connectivity index (χ2v) is 7.12. The fourth-order valence-electron chi connectivity index (χ4n) is 3.16. The molecule has 4 rings (SSSR count). The lowest BCUT2D eigenvalue weighted by atomic mass is 10.0. The van der Waals surface area contributed by atoms with Gasteiger partial charge in [-0.1, -0.05) is 44.2 Å². The topological polar surface area (TPSA) is 83.8 Å². The zero-order valence-electron chi connectivity index (χ0n) is 15.8. The number of oxazole rings is 1. The Hall–Kier alpha value is -3.41. The van der Waals surface area contributed by atoms with Crippen molar-refractivity contribution in [1.29, 1.82) is 0 Å². The van der Waals surface area contributed by atoms with Crippen LogP contribution in [-0.4, -0.2) is 20.9 Å². The Morgan fingerprint density at radius 2 is 1.82 bits per heavy atom. The van der Waals surface area contributed by atoms with Gasteiger partial charge in [-0.3, -0.25) is 4.79 Å². The first-order chi connectivity index (χ1) is 13.6. The monoisotopic (exact) mass is 374 g/mol. The number of imidazole rings is 1. The third kappa shape index (κ3) is 3.81. The van der Waals surface area contributed by atoms with Gasteiger partial charge in [0.1, 0.15) is 12.1 Å². The van der Waals surface area contributed by atoms with E-state index in [-0.39, 0.29) is 24.3 Å². The zero-order chi connectivity index (χ0) is 19.5. The van der Waals surface area contributed by atoms with E-state index in [4.69, 9.17) is 4.42 Å². The summed E-state index contributed by atoms with van der Waals surface area (Å²) in [6.07, 6.45) is 1.69. The Bertz CT molecular complexity index is 1050. The predicted molar refractivity (Wildman–Crippen MR) is 107 cm³/mol. The molecule has 28 heavy (non-hydrogen) atoms. The first-order valence-electron chi connectivity index (χ1n) is 9.34. The van der Waals surface area contributed by atoms with Gasteiger partial charge in [0.05, 0.1) is 29.2 Å². The summed E-state index contributed by atoms with van der Waals surface area (Å²) in [7, 11) is 0. The first kappa shape index (κ1) is 18.0. The molecule has 0 aliphatic rings. The fourth-order valence-corrected chi connectivity index (χ4v) is 3.16. The smallest absolute Gasteiger partial charge is 0.226 e. The summed E-state index contributed by atoms with van der Waals surface area (Å²) in [5.74, 6) is 1.34. The van der Waals surface area contributed by atoms with Crippen molar-refractivity contribution in [3.05, 3.63) is 72.4 Å². The number of nitrogens with one attached hydrogen (secondary N) is 2. The molecule has 0 saturated heterocycles.